The van der Waals surface area contributed by atoms with Crippen molar-refractivity contribution < 1.29 is 23.1 Å². The topological polar surface area (TPSA) is 52.9 Å². The molecule has 0 fully saturated rings. The number of carbonyl (C=O) groups excluding carboxylic acids is 1. The summed E-state index contributed by atoms with van der Waals surface area (Å²) in [6.07, 6.45) is -4.46. The molecule has 4 nitrogen and oxygen atoms in total. The Balaban J connectivity index is 2.06. The summed E-state index contributed by atoms with van der Waals surface area (Å²) in [5.74, 6) is -0.723. The Kier molecular flexibility index (Phi) is 5.87. The molecule has 0 unspecified atom stereocenters. The molecule has 0 saturated carbocycles. The maximum Gasteiger partial charge on any atom is 0.438 e. The summed E-state index contributed by atoms with van der Waals surface area (Å²) in [6, 6.07) is 9.38. The van der Waals surface area contributed by atoms with Crippen molar-refractivity contribution in [3.8, 4) is 0 Å². The van der Waals surface area contributed by atoms with E-state index in [9.17, 15) is 23.1 Å². The van der Waals surface area contributed by atoms with Crippen LogP contribution in [0.3, 0.4) is 0 Å². The molecule has 0 aliphatic carbocycles. The first-order chi connectivity index (χ1) is 11.6. The van der Waals surface area contributed by atoms with E-state index in [0.29, 0.717) is 19.3 Å². The molecule has 1 aromatic rings. The molecule has 0 saturated heterocycles. The molecular weight excluding hydrogens is 333 g/mol. The zero-order valence-electron chi connectivity index (χ0n) is 14.4. The van der Waals surface area contributed by atoms with Crippen LogP contribution in [0.5, 0.6) is 0 Å². The van der Waals surface area contributed by atoms with Crippen LogP contribution in [0.4, 0.5) is 13.2 Å². The highest BCUT2D eigenvalue weighted by molar-refractivity contribution is 5.90. The lowest BCUT2D eigenvalue weighted by atomic mass is 9.99. The number of hydrogen-bond acceptors (Lipinski definition) is 3. The highest BCUT2D eigenvalue weighted by Crippen LogP contribution is 2.41. The molecule has 0 aromatic heterocycles. The number of aryl methyl sites for hydroxylation is 1. The van der Waals surface area contributed by atoms with Gasteiger partial charge in [0.05, 0.1) is 0 Å². The zero-order valence-corrected chi connectivity index (χ0v) is 14.4. The number of rotatable bonds is 6. The van der Waals surface area contributed by atoms with Gasteiger partial charge in [-0.3, -0.25) is 4.79 Å². The van der Waals surface area contributed by atoms with Crippen molar-refractivity contribution in [2.24, 2.45) is 11.0 Å². The number of amides is 1. The van der Waals surface area contributed by atoms with Crippen molar-refractivity contribution >= 4 is 11.6 Å². The summed E-state index contributed by atoms with van der Waals surface area (Å²) >= 11 is 0. The second-order valence-electron chi connectivity index (χ2n) is 6.80. The molecule has 0 spiro atoms. The Morgan fingerprint density at radius 1 is 1.32 bits per heavy atom. The van der Waals surface area contributed by atoms with Gasteiger partial charge in [-0.1, -0.05) is 44.2 Å². The summed E-state index contributed by atoms with van der Waals surface area (Å²) < 4.78 is 40.0. The number of alkyl halides is 3. The van der Waals surface area contributed by atoms with Crippen molar-refractivity contribution in [1.29, 1.82) is 0 Å². The van der Waals surface area contributed by atoms with Gasteiger partial charge in [-0.25, -0.2) is 0 Å². The molecule has 1 aliphatic heterocycles. The number of benzene rings is 1. The monoisotopic (exact) mass is 356 g/mol. The van der Waals surface area contributed by atoms with Gasteiger partial charge in [0.15, 0.2) is 0 Å². The number of hydrogen-bond donors (Lipinski definition) is 1. The summed E-state index contributed by atoms with van der Waals surface area (Å²) in [4.78, 5) is 12.3. The fourth-order valence-corrected chi connectivity index (χ4v) is 2.88. The lowest BCUT2D eigenvalue weighted by Gasteiger charge is -2.32. The van der Waals surface area contributed by atoms with E-state index in [-0.39, 0.29) is 23.1 Å². The van der Waals surface area contributed by atoms with Gasteiger partial charge >= 0.3 is 6.18 Å². The average molecular weight is 356 g/mol. The van der Waals surface area contributed by atoms with Gasteiger partial charge in [0.2, 0.25) is 5.91 Å². The molecule has 1 heterocycles. The van der Waals surface area contributed by atoms with Crippen LogP contribution < -0.4 is 0 Å². The summed E-state index contributed by atoms with van der Waals surface area (Å²) in [5.41, 5.74) is -2.03. The lowest BCUT2D eigenvalue weighted by Crippen LogP contribution is -2.56. The van der Waals surface area contributed by atoms with Gasteiger partial charge < -0.3 is 5.11 Å². The minimum Gasteiger partial charge on any atom is -0.362 e. The number of aliphatic hydroxyl groups is 1. The van der Waals surface area contributed by atoms with Crippen molar-refractivity contribution in [3.05, 3.63) is 35.9 Å². The Morgan fingerprint density at radius 3 is 2.52 bits per heavy atom. The van der Waals surface area contributed by atoms with Crippen LogP contribution in [0.15, 0.2) is 35.4 Å². The maximum atomic E-state index is 13.3. The molecule has 1 aromatic carbocycles. The molecule has 0 bridgehead atoms. The molecule has 1 N–H and O–H groups in total. The van der Waals surface area contributed by atoms with Crippen LogP contribution in [0.1, 0.15) is 45.1 Å². The molecule has 7 heteroatoms. The van der Waals surface area contributed by atoms with Gasteiger partial charge in [0, 0.05) is 18.6 Å². The van der Waals surface area contributed by atoms with E-state index in [1.165, 1.54) is 0 Å². The highest BCUT2D eigenvalue weighted by atomic mass is 19.4. The number of halogens is 3. The second kappa shape index (κ2) is 7.56. The van der Waals surface area contributed by atoms with Crippen LogP contribution in [0, 0.1) is 5.92 Å². The third kappa shape index (κ3) is 4.60. The van der Waals surface area contributed by atoms with E-state index >= 15 is 0 Å². The fraction of sp³-hybridized carbons (Fsp3) is 0.556. The van der Waals surface area contributed by atoms with E-state index in [4.69, 9.17) is 0 Å². The van der Waals surface area contributed by atoms with Crippen molar-refractivity contribution in [1.82, 2.24) is 5.01 Å². The van der Waals surface area contributed by atoms with E-state index in [0.717, 1.165) is 5.56 Å². The predicted molar refractivity (Wildman–Crippen MR) is 88.7 cm³/mol. The second-order valence-corrected chi connectivity index (χ2v) is 6.80. The number of carbonyl (C=O) groups is 1. The van der Waals surface area contributed by atoms with Gasteiger partial charge in [-0.05, 0) is 30.7 Å². The molecule has 138 valence electrons. The van der Waals surface area contributed by atoms with Crippen LogP contribution in [0.25, 0.3) is 0 Å². The zero-order chi connectivity index (χ0) is 18.7. The van der Waals surface area contributed by atoms with Gasteiger partial charge in [0.1, 0.15) is 0 Å². The first-order valence-electron chi connectivity index (χ1n) is 8.36. The average Bonchev–Trinajstić information content (AvgIpc) is 2.85. The number of nitrogens with zero attached hydrogens (tertiary/aromatic N) is 2. The van der Waals surface area contributed by atoms with E-state index in [1.807, 2.05) is 44.2 Å². The first kappa shape index (κ1) is 19.4. The van der Waals surface area contributed by atoms with Crippen molar-refractivity contribution in [2.45, 2.75) is 57.9 Å². The van der Waals surface area contributed by atoms with Gasteiger partial charge in [-0.15, -0.1) is 0 Å². The standard InChI is InChI=1S/C18H23F3N2O2/c1-13(2)11-15-12-17(25,18(19,20)21)23(22-15)16(24)10-6-9-14-7-4-3-5-8-14/h3-5,7-8,13,25H,6,9-12H2,1-2H3/t17-/m0/s1. The molecule has 1 amide bonds. The smallest absolute Gasteiger partial charge is 0.362 e. The predicted octanol–water partition coefficient (Wildman–Crippen LogP) is 3.89. The quantitative estimate of drug-likeness (QED) is 0.841. The van der Waals surface area contributed by atoms with Crippen LogP contribution in [-0.4, -0.2) is 33.6 Å². The first-order valence-corrected chi connectivity index (χ1v) is 8.36. The third-order valence-electron chi connectivity index (χ3n) is 4.08. The van der Waals surface area contributed by atoms with Crippen LogP contribution in [0.2, 0.25) is 0 Å². The SMILES string of the molecule is CC(C)CC1=NN(C(=O)CCCc2ccccc2)[C@@](O)(C(F)(F)F)C1. The minimum atomic E-state index is -4.95. The van der Waals surface area contributed by atoms with Crippen LogP contribution >= 0.6 is 0 Å². The summed E-state index contributed by atoms with van der Waals surface area (Å²) in [7, 11) is 0. The van der Waals surface area contributed by atoms with E-state index in [2.05, 4.69) is 5.10 Å². The molecule has 1 aliphatic rings. The van der Waals surface area contributed by atoms with Gasteiger partial charge in [0.25, 0.3) is 5.72 Å². The lowest BCUT2D eigenvalue weighted by molar-refractivity contribution is -0.302. The molecular formula is C18H23F3N2O2. The number of hydrazone groups is 1. The molecule has 0 radical (unpaired) electrons. The normalized spacial score (nSPS) is 20.9. The van der Waals surface area contributed by atoms with Gasteiger partial charge in [-0.2, -0.15) is 23.3 Å². The Bertz CT molecular complexity index is 629. The Labute approximate surface area is 145 Å². The highest BCUT2D eigenvalue weighted by Gasteiger charge is 2.62. The Hall–Kier alpha value is -1.89. The summed E-state index contributed by atoms with van der Waals surface area (Å²) in [6.45, 7) is 3.69. The molecule has 2 rings (SSSR count). The largest absolute Gasteiger partial charge is 0.438 e. The van der Waals surface area contributed by atoms with Crippen molar-refractivity contribution in [2.75, 3.05) is 0 Å². The van der Waals surface area contributed by atoms with Crippen LogP contribution in [-0.2, 0) is 11.2 Å². The fourth-order valence-electron chi connectivity index (χ4n) is 2.88. The van der Waals surface area contributed by atoms with Crippen molar-refractivity contribution in [3.63, 3.8) is 0 Å². The maximum absolute atomic E-state index is 13.3. The molecule has 1 atom stereocenters. The van der Waals surface area contributed by atoms with E-state index in [1.54, 1.807) is 0 Å². The summed E-state index contributed by atoms with van der Waals surface area (Å²) in [5, 5.41) is 14.2. The third-order valence-corrected chi connectivity index (χ3v) is 4.08. The molecule has 25 heavy (non-hydrogen) atoms. The minimum absolute atomic E-state index is 0.0874. The Morgan fingerprint density at radius 2 is 1.96 bits per heavy atom. The van der Waals surface area contributed by atoms with E-state index < -0.39 is 24.2 Å².